The highest BCUT2D eigenvalue weighted by molar-refractivity contribution is 9.10. The van der Waals surface area contributed by atoms with E-state index in [0.717, 1.165) is 10.0 Å². The summed E-state index contributed by atoms with van der Waals surface area (Å²) < 4.78 is 11.3. The van der Waals surface area contributed by atoms with Gasteiger partial charge in [-0.1, -0.05) is 28.1 Å². The molecule has 17 heavy (non-hydrogen) atoms. The zero-order valence-electron chi connectivity index (χ0n) is 9.30. The summed E-state index contributed by atoms with van der Waals surface area (Å²) in [5, 5.41) is 0. The van der Waals surface area contributed by atoms with Crippen LogP contribution in [0.1, 0.15) is 18.6 Å². The number of carbonyl (C=O) groups excluding carboxylic acids is 1. The highest BCUT2D eigenvalue weighted by Crippen LogP contribution is 2.29. The third kappa shape index (κ3) is 2.66. The van der Waals surface area contributed by atoms with Gasteiger partial charge in [0.1, 0.15) is 0 Å². The first-order valence-corrected chi connectivity index (χ1v) is 6.11. The Balaban J connectivity index is 2.18. The van der Waals surface area contributed by atoms with Crippen molar-refractivity contribution in [2.24, 2.45) is 4.99 Å². The molecule has 2 unspecified atom stereocenters. The number of benzene rings is 1. The lowest BCUT2D eigenvalue weighted by molar-refractivity contribution is -0.146. The van der Waals surface area contributed by atoms with Gasteiger partial charge >= 0.3 is 5.97 Å². The number of esters is 1. The molecule has 90 valence electrons. The van der Waals surface area contributed by atoms with Gasteiger partial charge in [0.15, 0.2) is 18.5 Å². The fourth-order valence-corrected chi connectivity index (χ4v) is 2.09. The van der Waals surface area contributed by atoms with Gasteiger partial charge < -0.3 is 9.47 Å². The fourth-order valence-electron chi connectivity index (χ4n) is 1.68. The summed E-state index contributed by atoms with van der Waals surface area (Å²) in [5.41, 5.74) is 0.898. The minimum absolute atomic E-state index is 0.343. The molecule has 0 spiro atoms. The van der Waals surface area contributed by atoms with E-state index in [2.05, 4.69) is 20.9 Å². The summed E-state index contributed by atoms with van der Waals surface area (Å²) in [6.45, 7) is 2.11. The Hall–Kier alpha value is -1.36. The van der Waals surface area contributed by atoms with Crippen LogP contribution in [0.3, 0.4) is 0 Å². The number of rotatable bonds is 3. The van der Waals surface area contributed by atoms with E-state index in [-0.39, 0.29) is 5.97 Å². The second kappa shape index (κ2) is 5.31. The van der Waals surface area contributed by atoms with E-state index in [0.29, 0.717) is 6.61 Å². The van der Waals surface area contributed by atoms with Gasteiger partial charge in [-0.15, -0.1) is 0 Å². The van der Waals surface area contributed by atoms with Gasteiger partial charge in [0, 0.05) is 4.47 Å². The maximum atomic E-state index is 11.7. The molecule has 1 aliphatic rings. The smallest absolute Gasteiger partial charge is 0.335 e. The Morgan fingerprint density at radius 2 is 2.41 bits per heavy atom. The summed E-state index contributed by atoms with van der Waals surface area (Å²) in [6, 6.07) is 7.01. The quantitative estimate of drug-likeness (QED) is 0.805. The van der Waals surface area contributed by atoms with E-state index in [1.54, 1.807) is 6.92 Å². The van der Waals surface area contributed by atoms with Gasteiger partial charge in [0.2, 0.25) is 0 Å². The Labute approximate surface area is 108 Å². The molecule has 0 amide bonds. The second-order valence-corrected chi connectivity index (χ2v) is 4.48. The normalized spacial score (nSPS) is 22.2. The van der Waals surface area contributed by atoms with Crippen molar-refractivity contribution in [3.8, 4) is 0 Å². The largest absolute Gasteiger partial charge is 0.473 e. The van der Waals surface area contributed by atoms with Crippen molar-refractivity contribution in [1.82, 2.24) is 0 Å². The highest BCUT2D eigenvalue weighted by Gasteiger charge is 2.35. The standard InChI is InChI=1S/C12H12BrNO3/c1-2-16-12(15)10-11(17-7-14-10)8-4-3-5-9(13)6-8/h3-7,10-11H,2H2,1H3. The van der Waals surface area contributed by atoms with E-state index in [4.69, 9.17) is 9.47 Å². The predicted molar refractivity (Wildman–Crippen MR) is 66.9 cm³/mol. The van der Waals surface area contributed by atoms with Gasteiger partial charge in [0.05, 0.1) is 6.61 Å². The van der Waals surface area contributed by atoms with Crippen LogP contribution < -0.4 is 0 Å². The van der Waals surface area contributed by atoms with E-state index < -0.39 is 12.1 Å². The van der Waals surface area contributed by atoms with E-state index in [9.17, 15) is 4.79 Å². The van der Waals surface area contributed by atoms with Crippen molar-refractivity contribution in [2.75, 3.05) is 6.61 Å². The summed E-state index contributed by atoms with van der Waals surface area (Å²) in [6.07, 6.45) is 0.916. The number of carbonyl (C=O) groups is 1. The van der Waals surface area contributed by atoms with Crippen molar-refractivity contribution in [3.05, 3.63) is 34.3 Å². The van der Waals surface area contributed by atoms with Crippen molar-refractivity contribution < 1.29 is 14.3 Å². The minimum Gasteiger partial charge on any atom is -0.473 e. The first-order chi connectivity index (χ1) is 8.22. The first kappa shape index (κ1) is 12.1. The molecule has 0 bridgehead atoms. The molecule has 2 rings (SSSR count). The molecule has 1 aliphatic heterocycles. The zero-order valence-corrected chi connectivity index (χ0v) is 10.9. The SMILES string of the molecule is CCOC(=O)C1N=COC1c1cccc(Br)c1. The van der Waals surface area contributed by atoms with Gasteiger partial charge in [0.25, 0.3) is 0 Å². The summed E-state index contributed by atoms with van der Waals surface area (Å²) in [5.74, 6) is -0.355. The molecule has 5 heteroatoms. The van der Waals surface area contributed by atoms with Crippen molar-refractivity contribution in [3.63, 3.8) is 0 Å². The van der Waals surface area contributed by atoms with E-state index in [1.807, 2.05) is 24.3 Å². The third-order valence-corrected chi connectivity index (χ3v) is 2.91. The summed E-state index contributed by atoms with van der Waals surface area (Å²) >= 11 is 3.38. The molecular formula is C12H12BrNO3. The molecule has 4 nitrogen and oxygen atoms in total. The number of ether oxygens (including phenoxy) is 2. The average Bonchev–Trinajstić information content (AvgIpc) is 2.78. The second-order valence-electron chi connectivity index (χ2n) is 3.56. The molecular weight excluding hydrogens is 286 g/mol. The maximum Gasteiger partial charge on any atom is 0.335 e. The Bertz CT molecular complexity index is 447. The Morgan fingerprint density at radius 1 is 1.59 bits per heavy atom. The van der Waals surface area contributed by atoms with Gasteiger partial charge in [-0.25, -0.2) is 9.79 Å². The van der Waals surface area contributed by atoms with Crippen molar-refractivity contribution in [1.29, 1.82) is 0 Å². The minimum atomic E-state index is -0.607. The van der Waals surface area contributed by atoms with Crippen LogP contribution in [0.4, 0.5) is 0 Å². The van der Waals surface area contributed by atoms with Crippen molar-refractivity contribution >= 4 is 28.3 Å². The molecule has 1 heterocycles. The van der Waals surface area contributed by atoms with Gasteiger partial charge in [-0.2, -0.15) is 0 Å². The summed E-state index contributed by atoms with van der Waals surface area (Å²) in [7, 11) is 0. The van der Waals surface area contributed by atoms with Crippen LogP contribution in [0.2, 0.25) is 0 Å². The lowest BCUT2D eigenvalue weighted by atomic mass is 10.0. The molecule has 0 radical (unpaired) electrons. The maximum absolute atomic E-state index is 11.7. The van der Waals surface area contributed by atoms with Crippen LogP contribution in [0.15, 0.2) is 33.7 Å². The Kier molecular flexibility index (Phi) is 3.78. The van der Waals surface area contributed by atoms with Crippen LogP contribution >= 0.6 is 15.9 Å². The monoisotopic (exact) mass is 297 g/mol. The van der Waals surface area contributed by atoms with Gasteiger partial charge in [-0.3, -0.25) is 0 Å². The molecule has 0 saturated heterocycles. The van der Waals surface area contributed by atoms with E-state index in [1.165, 1.54) is 6.40 Å². The molecule has 0 N–H and O–H groups in total. The number of hydrogen-bond donors (Lipinski definition) is 0. The molecule has 0 aromatic heterocycles. The van der Waals surface area contributed by atoms with Crippen molar-refractivity contribution in [2.45, 2.75) is 19.1 Å². The first-order valence-electron chi connectivity index (χ1n) is 5.31. The molecule has 1 aromatic rings. The van der Waals surface area contributed by atoms with Crippen LogP contribution in [-0.2, 0) is 14.3 Å². The lowest BCUT2D eigenvalue weighted by Gasteiger charge is -2.16. The van der Waals surface area contributed by atoms with Crippen LogP contribution in [0, 0.1) is 0 Å². The topological polar surface area (TPSA) is 47.9 Å². The highest BCUT2D eigenvalue weighted by atomic mass is 79.9. The third-order valence-electron chi connectivity index (χ3n) is 2.42. The van der Waals surface area contributed by atoms with Crippen LogP contribution in [-0.4, -0.2) is 25.0 Å². The molecule has 2 atom stereocenters. The number of hydrogen-bond acceptors (Lipinski definition) is 4. The van der Waals surface area contributed by atoms with E-state index >= 15 is 0 Å². The summed E-state index contributed by atoms with van der Waals surface area (Å²) in [4.78, 5) is 15.7. The molecule has 1 aromatic carbocycles. The van der Waals surface area contributed by atoms with Gasteiger partial charge in [-0.05, 0) is 24.6 Å². The average molecular weight is 298 g/mol. The number of nitrogens with zero attached hydrogens (tertiary/aromatic N) is 1. The zero-order chi connectivity index (χ0) is 12.3. The lowest BCUT2D eigenvalue weighted by Crippen LogP contribution is -2.26. The fraction of sp³-hybridized carbons (Fsp3) is 0.333. The van der Waals surface area contributed by atoms with Crippen LogP contribution in [0.5, 0.6) is 0 Å². The number of aliphatic imine (C=N–C) groups is 1. The molecule has 0 aliphatic carbocycles. The number of halogens is 1. The van der Waals surface area contributed by atoms with Crippen LogP contribution in [0.25, 0.3) is 0 Å². The Morgan fingerprint density at radius 3 is 3.12 bits per heavy atom. The molecule has 0 fully saturated rings. The molecule has 0 saturated carbocycles. The predicted octanol–water partition coefficient (Wildman–Crippen LogP) is 2.48.